The van der Waals surface area contributed by atoms with E-state index in [0.29, 0.717) is 11.6 Å². The van der Waals surface area contributed by atoms with Crippen LogP contribution in [0.5, 0.6) is 0 Å². The van der Waals surface area contributed by atoms with Gasteiger partial charge in [-0.2, -0.15) is 5.10 Å². The zero-order chi connectivity index (χ0) is 17.2. The summed E-state index contributed by atoms with van der Waals surface area (Å²) in [5.74, 6) is 1.93. The van der Waals surface area contributed by atoms with Crippen LogP contribution in [0, 0.1) is 0 Å². The molecule has 25 heavy (non-hydrogen) atoms. The first-order chi connectivity index (χ1) is 12.2. The molecular weight excluding hydrogens is 314 g/mol. The molecule has 4 aromatic rings. The van der Waals surface area contributed by atoms with Crippen molar-refractivity contribution in [2.75, 3.05) is 11.1 Å². The molecule has 0 radical (unpaired) electrons. The average molecular weight is 331 g/mol. The van der Waals surface area contributed by atoms with Crippen molar-refractivity contribution in [1.82, 2.24) is 25.1 Å². The molecule has 4 N–H and O–H groups in total. The number of nitrogens with two attached hydrogens (primary N) is 1. The summed E-state index contributed by atoms with van der Waals surface area (Å²) in [7, 11) is 0. The lowest BCUT2D eigenvalue weighted by molar-refractivity contribution is 1.09. The molecule has 0 aromatic carbocycles. The Balaban J connectivity index is 1.81. The first-order valence-electron chi connectivity index (χ1n) is 8.00. The molecule has 4 rings (SSSR count). The van der Waals surface area contributed by atoms with Crippen molar-refractivity contribution in [3.63, 3.8) is 0 Å². The van der Waals surface area contributed by atoms with Gasteiger partial charge in [0.25, 0.3) is 0 Å². The van der Waals surface area contributed by atoms with E-state index in [0.717, 1.165) is 34.3 Å². The Morgan fingerprint density at radius 3 is 2.88 bits per heavy atom. The molecule has 124 valence electrons. The van der Waals surface area contributed by atoms with E-state index in [4.69, 9.17) is 5.73 Å². The number of anilines is 3. The van der Waals surface area contributed by atoms with E-state index in [2.05, 4.69) is 37.4 Å². The summed E-state index contributed by atoms with van der Waals surface area (Å²) in [5.41, 5.74) is 9.16. The maximum absolute atomic E-state index is 6.16. The lowest BCUT2D eigenvalue weighted by atomic mass is 10.0. The lowest BCUT2D eigenvalue weighted by Gasteiger charge is -2.10. The Kier molecular flexibility index (Phi) is 3.74. The zero-order valence-corrected chi connectivity index (χ0v) is 13.7. The van der Waals surface area contributed by atoms with Crippen LogP contribution in [0.4, 0.5) is 17.5 Å². The van der Waals surface area contributed by atoms with E-state index in [1.54, 1.807) is 18.6 Å². The number of aryl methyl sites for hydroxylation is 1. The van der Waals surface area contributed by atoms with Gasteiger partial charge < -0.3 is 11.1 Å². The van der Waals surface area contributed by atoms with Gasteiger partial charge in [-0.1, -0.05) is 6.92 Å². The number of rotatable bonds is 4. The van der Waals surface area contributed by atoms with Crippen LogP contribution in [-0.4, -0.2) is 25.1 Å². The minimum Gasteiger partial charge on any atom is -0.383 e. The average Bonchev–Trinajstić information content (AvgIpc) is 3.14. The third-order valence-corrected chi connectivity index (χ3v) is 4.08. The second-order valence-electron chi connectivity index (χ2n) is 5.67. The predicted octanol–water partition coefficient (Wildman–Crippen LogP) is 3.30. The summed E-state index contributed by atoms with van der Waals surface area (Å²) in [6, 6.07) is 7.80. The van der Waals surface area contributed by atoms with E-state index in [1.165, 1.54) is 5.56 Å². The van der Waals surface area contributed by atoms with Crippen molar-refractivity contribution >= 4 is 28.2 Å². The van der Waals surface area contributed by atoms with E-state index in [-0.39, 0.29) is 0 Å². The van der Waals surface area contributed by atoms with Crippen LogP contribution >= 0.6 is 0 Å². The maximum atomic E-state index is 6.16. The third-order valence-electron chi connectivity index (χ3n) is 4.08. The van der Waals surface area contributed by atoms with Gasteiger partial charge in [0.05, 0.1) is 11.9 Å². The molecule has 0 fully saturated rings. The number of nitrogen functional groups attached to an aromatic ring is 1. The van der Waals surface area contributed by atoms with E-state index >= 15 is 0 Å². The fourth-order valence-corrected chi connectivity index (χ4v) is 2.81. The van der Waals surface area contributed by atoms with Crippen molar-refractivity contribution in [1.29, 1.82) is 0 Å². The Morgan fingerprint density at radius 1 is 1.16 bits per heavy atom. The van der Waals surface area contributed by atoms with Gasteiger partial charge in [0, 0.05) is 35.6 Å². The van der Waals surface area contributed by atoms with Crippen molar-refractivity contribution in [2.24, 2.45) is 0 Å². The van der Waals surface area contributed by atoms with Crippen molar-refractivity contribution < 1.29 is 0 Å². The molecule has 0 atom stereocenters. The second-order valence-corrected chi connectivity index (χ2v) is 5.67. The van der Waals surface area contributed by atoms with Crippen LogP contribution in [0.15, 0.2) is 49.1 Å². The highest BCUT2D eigenvalue weighted by Crippen LogP contribution is 2.29. The van der Waals surface area contributed by atoms with Crippen LogP contribution in [0.1, 0.15) is 12.5 Å². The molecule has 7 heteroatoms. The van der Waals surface area contributed by atoms with Gasteiger partial charge in [0.15, 0.2) is 0 Å². The molecule has 0 spiro atoms. The van der Waals surface area contributed by atoms with Crippen molar-refractivity contribution in [2.45, 2.75) is 13.3 Å². The van der Waals surface area contributed by atoms with Gasteiger partial charge in [-0.05, 0) is 35.6 Å². The number of nitrogens with one attached hydrogen (secondary N) is 2. The number of aromatic nitrogens is 5. The lowest BCUT2D eigenvalue weighted by Crippen LogP contribution is -1.99. The van der Waals surface area contributed by atoms with Crippen LogP contribution in [0.2, 0.25) is 0 Å². The molecule has 0 bridgehead atoms. The zero-order valence-electron chi connectivity index (χ0n) is 13.7. The first kappa shape index (κ1) is 15.1. The summed E-state index contributed by atoms with van der Waals surface area (Å²) < 4.78 is 0. The van der Waals surface area contributed by atoms with Crippen molar-refractivity contribution in [3.8, 4) is 11.3 Å². The Labute approximate surface area is 144 Å². The normalized spacial score (nSPS) is 10.9. The van der Waals surface area contributed by atoms with Gasteiger partial charge in [0.1, 0.15) is 17.5 Å². The first-order valence-corrected chi connectivity index (χ1v) is 8.00. The highest BCUT2D eigenvalue weighted by molar-refractivity contribution is 5.94. The molecule has 0 amide bonds. The number of nitrogens with zero attached hydrogens (tertiary/aromatic N) is 4. The Bertz CT molecular complexity index is 1020. The van der Waals surface area contributed by atoms with Crippen LogP contribution < -0.4 is 11.1 Å². The smallest absolute Gasteiger partial charge is 0.133 e. The Hall–Kier alpha value is -3.48. The van der Waals surface area contributed by atoms with Gasteiger partial charge in [0.2, 0.25) is 0 Å². The molecular formula is C18H17N7. The SMILES string of the molecule is CCc1ccncc1-c1cc2cc(Nc3ccn[nH]3)ncc2c(N)n1. The van der Waals surface area contributed by atoms with Gasteiger partial charge in [-0.15, -0.1) is 0 Å². The van der Waals surface area contributed by atoms with Crippen LogP contribution in [0.3, 0.4) is 0 Å². The predicted molar refractivity (Wildman–Crippen MR) is 98.4 cm³/mol. The number of hydrogen-bond donors (Lipinski definition) is 3. The molecule has 4 aromatic heterocycles. The highest BCUT2D eigenvalue weighted by atomic mass is 15.2. The van der Waals surface area contributed by atoms with E-state index in [9.17, 15) is 0 Å². The number of H-pyrrole nitrogens is 1. The fourth-order valence-electron chi connectivity index (χ4n) is 2.81. The summed E-state index contributed by atoms with van der Waals surface area (Å²) >= 11 is 0. The van der Waals surface area contributed by atoms with Crippen LogP contribution in [0.25, 0.3) is 22.0 Å². The molecule has 0 aliphatic rings. The van der Waals surface area contributed by atoms with Gasteiger partial charge >= 0.3 is 0 Å². The minimum absolute atomic E-state index is 0.457. The fraction of sp³-hybridized carbons (Fsp3) is 0.111. The molecule has 0 saturated heterocycles. The van der Waals surface area contributed by atoms with Crippen molar-refractivity contribution in [3.05, 3.63) is 54.6 Å². The number of hydrogen-bond acceptors (Lipinski definition) is 6. The molecule has 4 heterocycles. The molecule has 0 aliphatic heterocycles. The number of pyridine rings is 3. The minimum atomic E-state index is 0.457. The van der Waals surface area contributed by atoms with Crippen LogP contribution in [-0.2, 0) is 6.42 Å². The van der Waals surface area contributed by atoms with Gasteiger partial charge in [-0.3, -0.25) is 10.1 Å². The quantitative estimate of drug-likeness (QED) is 0.530. The summed E-state index contributed by atoms with van der Waals surface area (Å²) in [6.45, 7) is 2.11. The van der Waals surface area contributed by atoms with E-state index < -0.39 is 0 Å². The standard InChI is InChI=1S/C18H17N7/c1-2-11-3-5-20-9-13(11)15-7-12-8-17(24-16-4-6-22-25-16)21-10-14(12)18(19)23-15/h3-10H,2H2,1H3,(H2,19,23)(H2,21,22,24,25). The number of fused-ring (bicyclic) bond motifs is 1. The highest BCUT2D eigenvalue weighted by Gasteiger charge is 2.10. The second kappa shape index (κ2) is 6.20. The van der Waals surface area contributed by atoms with E-state index in [1.807, 2.05) is 30.5 Å². The molecule has 0 aliphatic carbocycles. The topological polar surface area (TPSA) is 105 Å². The number of aromatic amines is 1. The molecule has 0 saturated carbocycles. The molecule has 7 nitrogen and oxygen atoms in total. The Morgan fingerprint density at radius 2 is 2.08 bits per heavy atom. The molecule has 0 unspecified atom stereocenters. The maximum Gasteiger partial charge on any atom is 0.133 e. The summed E-state index contributed by atoms with van der Waals surface area (Å²) in [4.78, 5) is 13.2. The van der Waals surface area contributed by atoms with Gasteiger partial charge in [-0.25, -0.2) is 9.97 Å². The summed E-state index contributed by atoms with van der Waals surface area (Å²) in [5, 5.41) is 11.7. The third kappa shape index (κ3) is 2.87. The monoisotopic (exact) mass is 331 g/mol. The summed E-state index contributed by atoms with van der Waals surface area (Å²) in [6.07, 6.45) is 7.93. The largest absolute Gasteiger partial charge is 0.383 e.